The molecule has 162 valence electrons. The van der Waals surface area contributed by atoms with Gasteiger partial charge in [-0.2, -0.15) is 0 Å². The van der Waals surface area contributed by atoms with E-state index >= 15 is 0 Å². The summed E-state index contributed by atoms with van der Waals surface area (Å²) in [6, 6.07) is 13.9. The van der Waals surface area contributed by atoms with E-state index in [1.54, 1.807) is 6.07 Å². The number of nitrogens with zero attached hydrogens (tertiary/aromatic N) is 1. The highest BCUT2D eigenvalue weighted by Gasteiger charge is 2.67. The molecule has 1 aliphatic heterocycles. The summed E-state index contributed by atoms with van der Waals surface area (Å²) in [5.41, 5.74) is 4.15. The first-order valence-corrected chi connectivity index (χ1v) is 11.3. The van der Waals surface area contributed by atoms with E-state index < -0.39 is 5.97 Å². The number of amides is 2. The Hall–Kier alpha value is -3.21. The highest BCUT2D eigenvalue weighted by Crippen LogP contribution is 2.65. The molecule has 2 aromatic carbocycles. The van der Waals surface area contributed by atoms with E-state index in [4.69, 9.17) is 4.74 Å². The van der Waals surface area contributed by atoms with E-state index in [1.807, 2.05) is 26.0 Å². The van der Waals surface area contributed by atoms with Crippen LogP contribution in [-0.4, -0.2) is 29.2 Å². The zero-order valence-electron chi connectivity index (χ0n) is 18.2. The summed E-state index contributed by atoms with van der Waals surface area (Å²) < 4.78 is 5.57. The standard InChI is InChI=1S/C27H25NO4/c1-14-3-5-16(6-4-14)17-7-10-22(15(2)11-17)32-23(29)13-28-26(30)24-18-8-9-19(21-12-20(18)21)25(24)27(28)31/h3-11,18-21,24-25H,12-13H2,1-2H3/t18-,19-,20-,21+,24-,25+/m0/s1. The van der Waals surface area contributed by atoms with Crippen LogP contribution in [0.1, 0.15) is 17.5 Å². The largest absolute Gasteiger partial charge is 0.425 e. The van der Waals surface area contributed by atoms with Crippen LogP contribution in [0.15, 0.2) is 54.6 Å². The molecular weight excluding hydrogens is 402 g/mol. The molecule has 32 heavy (non-hydrogen) atoms. The molecular formula is C27H25NO4. The van der Waals surface area contributed by atoms with Crippen molar-refractivity contribution in [2.45, 2.75) is 20.3 Å². The number of allylic oxidation sites excluding steroid dienone is 2. The van der Waals surface area contributed by atoms with Gasteiger partial charge in [0.2, 0.25) is 11.8 Å². The lowest BCUT2D eigenvalue weighted by molar-refractivity contribution is -0.148. The lowest BCUT2D eigenvalue weighted by atomic mass is 9.63. The van der Waals surface area contributed by atoms with Crippen LogP contribution in [0.3, 0.4) is 0 Å². The quantitative estimate of drug-likeness (QED) is 0.321. The van der Waals surface area contributed by atoms with Gasteiger partial charge in [-0.3, -0.25) is 14.5 Å². The SMILES string of the molecule is Cc1ccc(-c2ccc(OC(=O)CN3C(=O)[C@@H]4[C@H]5C=C[C@@H]([C@@H]6C[C@H]56)[C@@H]4C3=O)c(C)c2)cc1. The lowest BCUT2D eigenvalue weighted by Gasteiger charge is -2.37. The number of rotatable bonds is 4. The highest BCUT2D eigenvalue weighted by molar-refractivity contribution is 6.08. The highest BCUT2D eigenvalue weighted by atomic mass is 16.5. The molecule has 6 atom stereocenters. The normalized spacial score (nSPS) is 31.5. The Morgan fingerprint density at radius 2 is 1.50 bits per heavy atom. The summed E-state index contributed by atoms with van der Waals surface area (Å²) in [4.78, 5) is 39.9. The molecule has 3 fully saturated rings. The number of esters is 1. The zero-order chi connectivity index (χ0) is 22.1. The minimum Gasteiger partial charge on any atom is -0.425 e. The smallest absolute Gasteiger partial charge is 0.331 e. The van der Waals surface area contributed by atoms with Crippen molar-refractivity contribution in [1.29, 1.82) is 0 Å². The summed E-state index contributed by atoms with van der Waals surface area (Å²) >= 11 is 0. The molecule has 0 unspecified atom stereocenters. The molecule has 4 aliphatic carbocycles. The molecule has 5 aliphatic rings. The number of likely N-dealkylation sites (tertiary alicyclic amines) is 1. The van der Waals surface area contributed by atoms with Crippen LogP contribution < -0.4 is 4.74 Å². The van der Waals surface area contributed by atoms with Gasteiger partial charge >= 0.3 is 5.97 Å². The fourth-order valence-corrected chi connectivity index (χ4v) is 6.15. The second-order valence-corrected chi connectivity index (χ2v) is 9.74. The van der Waals surface area contributed by atoms with Crippen molar-refractivity contribution in [3.05, 3.63) is 65.7 Å². The zero-order valence-corrected chi connectivity index (χ0v) is 18.2. The third-order valence-electron chi connectivity index (χ3n) is 7.82. The molecule has 0 N–H and O–H groups in total. The van der Waals surface area contributed by atoms with Crippen molar-refractivity contribution in [2.75, 3.05) is 6.54 Å². The van der Waals surface area contributed by atoms with E-state index in [9.17, 15) is 14.4 Å². The van der Waals surface area contributed by atoms with Gasteiger partial charge in [0.25, 0.3) is 0 Å². The van der Waals surface area contributed by atoms with Crippen LogP contribution in [0.4, 0.5) is 0 Å². The summed E-state index contributed by atoms with van der Waals surface area (Å²) in [5.74, 6) is 0.296. The summed E-state index contributed by atoms with van der Waals surface area (Å²) in [5, 5.41) is 0. The first kappa shape index (κ1) is 19.5. The first-order valence-electron chi connectivity index (χ1n) is 11.3. The van der Waals surface area contributed by atoms with Crippen LogP contribution in [0.2, 0.25) is 0 Å². The maximum Gasteiger partial charge on any atom is 0.331 e. The molecule has 0 radical (unpaired) electrons. The van der Waals surface area contributed by atoms with Crippen molar-refractivity contribution in [3.8, 4) is 16.9 Å². The predicted octanol–water partition coefficient (Wildman–Crippen LogP) is 3.93. The number of hydrogen-bond donors (Lipinski definition) is 0. The van der Waals surface area contributed by atoms with Gasteiger partial charge in [-0.15, -0.1) is 0 Å². The maximum absolute atomic E-state index is 13.0. The van der Waals surface area contributed by atoms with Gasteiger partial charge in [0.15, 0.2) is 0 Å². The molecule has 2 amide bonds. The summed E-state index contributed by atoms with van der Waals surface area (Å²) in [6.45, 7) is 3.61. The van der Waals surface area contributed by atoms with Crippen molar-refractivity contribution in [2.24, 2.45) is 35.5 Å². The monoisotopic (exact) mass is 427 g/mol. The van der Waals surface area contributed by atoms with Gasteiger partial charge in [-0.05, 0) is 72.8 Å². The molecule has 0 aromatic heterocycles. The Morgan fingerprint density at radius 3 is 2.09 bits per heavy atom. The van der Waals surface area contributed by atoms with Gasteiger partial charge < -0.3 is 4.74 Å². The van der Waals surface area contributed by atoms with Crippen molar-refractivity contribution in [3.63, 3.8) is 0 Å². The summed E-state index contributed by atoms with van der Waals surface area (Å²) in [6.07, 6.45) is 5.38. The average Bonchev–Trinajstić information content (AvgIpc) is 3.57. The minimum atomic E-state index is -0.581. The second-order valence-electron chi connectivity index (χ2n) is 9.74. The Kier molecular flexibility index (Phi) is 4.19. The van der Waals surface area contributed by atoms with Crippen molar-refractivity contribution >= 4 is 17.8 Å². The van der Waals surface area contributed by atoms with E-state index in [0.717, 1.165) is 28.0 Å². The van der Waals surface area contributed by atoms with E-state index in [-0.39, 0.29) is 42.0 Å². The lowest BCUT2D eigenvalue weighted by Crippen LogP contribution is -2.40. The van der Waals surface area contributed by atoms with Crippen LogP contribution in [-0.2, 0) is 14.4 Å². The number of carbonyl (C=O) groups is 3. The van der Waals surface area contributed by atoms with Gasteiger partial charge in [-0.1, -0.05) is 48.0 Å². The van der Waals surface area contributed by atoms with E-state index in [1.165, 1.54) is 5.56 Å². The molecule has 5 heteroatoms. The fourth-order valence-electron chi connectivity index (χ4n) is 6.15. The topological polar surface area (TPSA) is 63.7 Å². The maximum atomic E-state index is 13.0. The van der Waals surface area contributed by atoms with Crippen molar-refractivity contribution < 1.29 is 19.1 Å². The molecule has 1 saturated heterocycles. The van der Waals surface area contributed by atoms with E-state index in [2.05, 4.69) is 36.4 Å². The molecule has 2 aromatic rings. The van der Waals surface area contributed by atoms with Crippen LogP contribution in [0.5, 0.6) is 5.75 Å². The number of carbonyl (C=O) groups excluding carboxylic acids is 3. The minimum absolute atomic E-state index is 0.157. The third kappa shape index (κ3) is 2.87. The average molecular weight is 428 g/mol. The molecule has 2 bridgehead atoms. The Bertz CT molecular complexity index is 1140. The van der Waals surface area contributed by atoms with Crippen LogP contribution in [0.25, 0.3) is 11.1 Å². The van der Waals surface area contributed by atoms with Gasteiger partial charge in [0, 0.05) is 0 Å². The van der Waals surface area contributed by atoms with Crippen molar-refractivity contribution in [1.82, 2.24) is 4.90 Å². The molecule has 7 rings (SSSR count). The first-order chi connectivity index (χ1) is 15.4. The molecule has 0 spiro atoms. The van der Waals surface area contributed by atoms with Crippen LogP contribution >= 0.6 is 0 Å². The summed E-state index contributed by atoms with van der Waals surface area (Å²) in [7, 11) is 0. The van der Waals surface area contributed by atoms with Gasteiger partial charge in [0.05, 0.1) is 11.8 Å². The van der Waals surface area contributed by atoms with Crippen LogP contribution in [0, 0.1) is 49.4 Å². The second kappa shape index (κ2) is 6.89. The number of benzene rings is 2. The Balaban J connectivity index is 1.16. The van der Waals surface area contributed by atoms with E-state index in [0.29, 0.717) is 17.6 Å². The number of hydrogen-bond acceptors (Lipinski definition) is 4. The molecule has 5 nitrogen and oxygen atoms in total. The molecule has 2 saturated carbocycles. The number of ether oxygens (including phenoxy) is 1. The number of aryl methyl sites for hydroxylation is 2. The predicted molar refractivity (Wildman–Crippen MR) is 118 cm³/mol. The van der Waals surface area contributed by atoms with Gasteiger partial charge in [-0.25, -0.2) is 4.79 Å². The Morgan fingerprint density at radius 1 is 0.906 bits per heavy atom. The number of imide groups is 1. The fraction of sp³-hybridized carbons (Fsp3) is 0.370. The van der Waals surface area contributed by atoms with Gasteiger partial charge in [0.1, 0.15) is 12.3 Å². The third-order valence-corrected chi connectivity index (χ3v) is 7.82. The molecule has 1 heterocycles. The Labute approximate surface area is 187 Å².